The fourth-order valence-electron chi connectivity index (χ4n) is 1.38. The van der Waals surface area contributed by atoms with Crippen molar-refractivity contribution in [2.45, 2.75) is 35.1 Å². The Balaban J connectivity index is 2.79. The molecule has 13 heavy (non-hydrogen) atoms. The predicted octanol–water partition coefficient (Wildman–Crippen LogP) is 2.99. The van der Waals surface area contributed by atoms with Gasteiger partial charge in [0.2, 0.25) is 3.79 Å². The number of hydrogen-bond acceptors (Lipinski definition) is 2. The number of rotatable bonds is 1. The summed E-state index contributed by atoms with van der Waals surface area (Å²) in [5, 5.41) is 0. The van der Waals surface area contributed by atoms with E-state index in [-0.39, 0.29) is 11.5 Å². The molecule has 0 spiro atoms. The van der Waals surface area contributed by atoms with Gasteiger partial charge in [-0.2, -0.15) is 0 Å². The van der Waals surface area contributed by atoms with Crippen molar-refractivity contribution in [1.82, 2.24) is 0 Å². The standard InChI is InChI=1S/C7H11Cl3O2Si/c1-13(2,3)4-5(7(8,9)10)12-6(4)11/h4-5H,1-3H3/t4-,5-/m0/s1. The number of ether oxygens (including phenoxy) is 1. The highest BCUT2D eigenvalue weighted by molar-refractivity contribution is 6.82. The van der Waals surface area contributed by atoms with Crippen LogP contribution in [0.1, 0.15) is 0 Å². The highest BCUT2D eigenvalue weighted by Crippen LogP contribution is 2.48. The minimum Gasteiger partial charge on any atom is -0.457 e. The molecule has 1 saturated heterocycles. The van der Waals surface area contributed by atoms with E-state index in [0.717, 1.165) is 0 Å². The first-order valence-corrected chi connectivity index (χ1v) is 8.62. The highest BCUT2D eigenvalue weighted by atomic mass is 35.6. The fourth-order valence-corrected chi connectivity index (χ4v) is 4.21. The molecule has 0 N–H and O–H groups in total. The third-order valence-corrected chi connectivity index (χ3v) is 5.11. The zero-order chi connectivity index (χ0) is 10.4. The van der Waals surface area contributed by atoms with E-state index in [2.05, 4.69) is 19.6 Å². The Hall–Kier alpha value is 0.557. The summed E-state index contributed by atoms with van der Waals surface area (Å²) in [6.07, 6.45) is -0.559. The lowest BCUT2D eigenvalue weighted by molar-refractivity contribution is -0.169. The van der Waals surface area contributed by atoms with E-state index in [9.17, 15) is 4.79 Å². The number of halogens is 3. The summed E-state index contributed by atoms with van der Waals surface area (Å²) in [6, 6.07) is 0. The molecule has 6 heteroatoms. The number of carbonyl (C=O) groups excluding carboxylic acids is 1. The third kappa shape index (κ3) is 2.32. The zero-order valence-corrected chi connectivity index (χ0v) is 10.9. The van der Waals surface area contributed by atoms with Crippen molar-refractivity contribution < 1.29 is 9.53 Å². The van der Waals surface area contributed by atoms with Crippen molar-refractivity contribution in [3.8, 4) is 0 Å². The van der Waals surface area contributed by atoms with Crippen LogP contribution >= 0.6 is 34.8 Å². The molecule has 0 aromatic rings. The van der Waals surface area contributed by atoms with E-state index >= 15 is 0 Å². The van der Waals surface area contributed by atoms with Crippen LogP contribution in [0.15, 0.2) is 0 Å². The van der Waals surface area contributed by atoms with E-state index in [4.69, 9.17) is 39.5 Å². The molecule has 0 amide bonds. The topological polar surface area (TPSA) is 26.3 Å². The molecule has 1 fully saturated rings. The Bertz CT molecular complexity index is 231. The first-order chi connectivity index (χ1) is 5.64. The molecule has 1 rings (SSSR count). The molecular weight excluding hydrogens is 251 g/mol. The summed E-state index contributed by atoms with van der Waals surface area (Å²) in [7, 11) is -1.64. The van der Waals surface area contributed by atoms with Gasteiger partial charge in [0.1, 0.15) is 0 Å². The molecular formula is C7H11Cl3O2Si. The van der Waals surface area contributed by atoms with Crippen molar-refractivity contribution >= 4 is 48.8 Å². The molecule has 76 valence electrons. The summed E-state index contributed by atoms with van der Waals surface area (Å²) < 4.78 is 3.36. The average molecular weight is 262 g/mol. The molecule has 0 bridgehead atoms. The second kappa shape index (κ2) is 3.30. The van der Waals surface area contributed by atoms with Crippen LogP contribution in [-0.4, -0.2) is 23.9 Å². The van der Waals surface area contributed by atoms with Gasteiger partial charge in [-0.25, -0.2) is 0 Å². The SMILES string of the molecule is C[Si](C)(C)[C@@H]1C(=O)O[C@@H]1C(Cl)(Cl)Cl. The van der Waals surface area contributed by atoms with Gasteiger partial charge in [0.25, 0.3) is 0 Å². The van der Waals surface area contributed by atoms with E-state index < -0.39 is 18.0 Å². The van der Waals surface area contributed by atoms with Gasteiger partial charge >= 0.3 is 5.97 Å². The van der Waals surface area contributed by atoms with Gasteiger partial charge in [0, 0.05) is 0 Å². The Labute approximate surface area is 93.5 Å². The smallest absolute Gasteiger partial charge is 0.310 e. The van der Waals surface area contributed by atoms with Crippen LogP contribution in [0.4, 0.5) is 0 Å². The maximum absolute atomic E-state index is 11.2. The molecule has 0 saturated carbocycles. The van der Waals surface area contributed by atoms with Crippen molar-refractivity contribution in [2.24, 2.45) is 0 Å². The Kier molecular flexibility index (Phi) is 2.95. The number of carbonyl (C=O) groups is 1. The van der Waals surface area contributed by atoms with Gasteiger partial charge in [0.05, 0.1) is 13.6 Å². The molecule has 1 aliphatic heterocycles. The van der Waals surface area contributed by atoms with E-state index in [1.54, 1.807) is 0 Å². The normalized spacial score (nSPS) is 29.5. The maximum atomic E-state index is 11.2. The summed E-state index contributed by atoms with van der Waals surface area (Å²) in [6.45, 7) is 6.17. The summed E-state index contributed by atoms with van der Waals surface area (Å²) >= 11 is 17.0. The molecule has 0 aliphatic carbocycles. The van der Waals surface area contributed by atoms with E-state index in [0.29, 0.717) is 0 Å². The van der Waals surface area contributed by atoms with Crippen LogP contribution in [0.3, 0.4) is 0 Å². The minimum absolute atomic E-state index is 0.194. The molecule has 0 aromatic carbocycles. The first-order valence-electron chi connectivity index (χ1n) is 3.91. The summed E-state index contributed by atoms with van der Waals surface area (Å²) in [5.74, 6) is -0.226. The monoisotopic (exact) mass is 260 g/mol. The highest BCUT2D eigenvalue weighted by Gasteiger charge is 2.58. The van der Waals surface area contributed by atoms with Gasteiger partial charge in [-0.1, -0.05) is 54.4 Å². The molecule has 1 heterocycles. The Morgan fingerprint density at radius 3 is 1.92 bits per heavy atom. The molecule has 1 aliphatic rings. The van der Waals surface area contributed by atoms with Crippen LogP contribution in [0.25, 0.3) is 0 Å². The number of cyclic esters (lactones) is 1. The van der Waals surface area contributed by atoms with Gasteiger partial charge in [-0.3, -0.25) is 4.79 Å². The van der Waals surface area contributed by atoms with Crippen molar-refractivity contribution in [2.75, 3.05) is 0 Å². The second-order valence-electron chi connectivity index (χ2n) is 4.24. The largest absolute Gasteiger partial charge is 0.457 e. The third-order valence-electron chi connectivity index (χ3n) is 2.06. The van der Waals surface area contributed by atoms with Gasteiger partial charge in [-0.05, 0) is 0 Å². The van der Waals surface area contributed by atoms with Gasteiger partial charge < -0.3 is 4.74 Å². The van der Waals surface area contributed by atoms with Crippen LogP contribution in [0.5, 0.6) is 0 Å². The zero-order valence-electron chi connectivity index (χ0n) is 7.61. The van der Waals surface area contributed by atoms with Crippen LogP contribution in [0.2, 0.25) is 25.2 Å². The molecule has 2 atom stereocenters. The number of esters is 1. The molecule has 0 aromatic heterocycles. The molecule has 0 radical (unpaired) electrons. The Morgan fingerprint density at radius 2 is 1.77 bits per heavy atom. The van der Waals surface area contributed by atoms with Crippen molar-refractivity contribution in [3.63, 3.8) is 0 Å². The Morgan fingerprint density at radius 1 is 1.31 bits per heavy atom. The first kappa shape index (κ1) is 11.6. The maximum Gasteiger partial charge on any atom is 0.310 e. The molecule has 0 unspecified atom stereocenters. The van der Waals surface area contributed by atoms with Gasteiger partial charge in [-0.15, -0.1) is 0 Å². The lowest BCUT2D eigenvalue weighted by Gasteiger charge is -2.44. The van der Waals surface area contributed by atoms with Crippen molar-refractivity contribution in [1.29, 1.82) is 0 Å². The van der Waals surface area contributed by atoms with Crippen molar-refractivity contribution in [3.05, 3.63) is 0 Å². The quantitative estimate of drug-likeness (QED) is 0.412. The van der Waals surface area contributed by atoms with Crippen LogP contribution in [0, 0.1) is 0 Å². The summed E-state index contributed by atoms with van der Waals surface area (Å²) in [4.78, 5) is 11.2. The van der Waals surface area contributed by atoms with E-state index in [1.165, 1.54) is 0 Å². The molecule has 2 nitrogen and oxygen atoms in total. The van der Waals surface area contributed by atoms with Crippen LogP contribution < -0.4 is 0 Å². The van der Waals surface area contributed by atoms with Crippen LogP contribution in [-0.2, 0) is 9.53 Å². The lowest BCUT2D eigenvalue weighted by Crippen LogP contribution is -2.57. The second-order valence-corrected chi connectivity index (χ2v) is 12.0. The average Bonchev–Trinajstić information content (AvgIpc) is 1.75. The lowest BCUT2D eigenvalue weighted by atomic mass is 10.2. The summed E-state index contributed by atoms with van der Waals surface area (Å²) in [5.41, 5.74) is -0.194. The minimum atomic E-state index is -1.64. The van der Waals surface area contributed by atoms with E-state index in [1.807, 2.05) is 0 Å². The predicted molar refractivity (Wildman–Crippen MR) is 57.3 cm³/mol. The fraction of sp³-hybridized carbons (Fsp3) is 0.857. The number of hydrogen-bond donors (Lipinski definition) is 0. The van der Waals surface area contributed by atoms with Gasteiger partial charge in [0.15, 0.2) is 6.10 Å². The number of alkyl halides is 3.